The maximum atomic E-state index is 12.6. The predicted molar refractivity (Wildman–Crippen MR) is 104 cm³/mol. The number of hydrogen-bond donors (Lipinski definition) is 0. The molecule has 1 aliphatic heterocycles. The molecule has 0 unspecified atom stereocenters. The fourth-order valence-electron chi connectivity index (χ4n) is 3.57. The minimum absolute atomic E-state index is 0.0979. The Morgan fingerprint density at radius 2 is 1.85 bits per heavy atom. The number of carbonyl (C=O) groups excluding carboxylic acids is 1. The first kappa shape index (κ1) is 18.6. The van der Waals surface area contributed by atoms with Gasteiger partial charge in [0.2, 0.25) is 0 Å². The summed E-state index contributed by atoms with van der Waals surface area (Å²) in [7, 11) is 3.81. The van der Waals surface area contributed by atoms with Crippen molar-refractivity contribution in [3.05, 3.63) is 53.3 Å². The van der Waals surface area contributed by atoms with Crippen molar-refractivity contribution in [2.45, 2.75) is 38.6 Å². The zero-order valence-corrected chi connectivity index (χ0v) is 16.0. The molecule has 0 aliphatic carbocycles. The summed E-state index contributed by atoms with van der Waals surface area (Å²) in [6, 6.07) is 8.15. The van der Waals surface area contributed by atoms with Gasteiger partial charge in [-0.15, -0.1) is 0 Å². The number of likely N-dealkylation sites (tertiary alicyclic amines) is 1. The lowest BCUT2D eigenvalue weighted by Crippen LogP contribution is -2.29. The van der Waals surface area contributed by atoms with Crippen molar-refractivity contribution in [2.24, 2.45) is 7.05 Å². The van der Waals surface area contributed by atoms with Crippen LogP contribution in [-0.4, -0.2) is 52.2 Å². The fraction of sp³-hybridized carbons (Fsp3) is 0.524. The first-order chi connectivity index (χ1) is 12.6. The van der Waals surface area contributed by atoms with Gasteiger partial charge >= 0.3 is 0 Å². The highest BCUT2D eigenvalue weighted by molar-refractivity contribution is 5.94. The minimum Gasteiger partial charge on any atom is -0.342 e. The zero-order chi connectivity index (χ0) is 18.4. The highest BCUT2D eigenvalue weighted by atomic mass is 16.2. The Hall–Kier alpha value is -2.14. The second kappa shape index (κ2) is 8.99. The fourth-order valence-corrected chi connectivity index (χ4v) is 3.57. The lowest BCUT2D eigenvalue weighted by Gasteiger charge is -2.26. The average molecular weight is 354 g/mol. The van der Waals surface area contributed by atoms with E-state index in [0.717, 1.165) is 31.5 Å². The van der Waals surface area contributed by atoms with Gasteiger partial charge in [0.25, 0.3) is 5.91 Å². The molecule has 1 fully saturated rings. The Labute approximate surface area is 156 Å². The van der Waals surface area contributed by atoms with Gasteiger partial charge in [0.15, 0.2) is 0 Å². The maximum absolute atomic E-state index is 12.6. The van der Waals surface area contributed by atoms with Crippen LogP contribution in [0.15, 0.2) is 36.7 Å². The standard InChI is InChI=1S/C21H30N4O/c1-23(12-6-7-19-15-22-24(2)16-19)21(26)20-10-8-18(9-11-20)17-25-13-4-3-5-14-25/h8-11,15-16H,3-7,12-14,17H2,1-2H3. The second-order valence-electron chi connectivity index (χ2n) is 7.39. The summed E-state index contributed by atoms with van der Waals surface area (Å²) in [4.78, 5) is 16.9. The molecule has 26 heavy (non-hydrogen) atoms. The summed E-state index contributed by atoms with van der Waals surface area (Å²) in [6.07, 6.45) is 9.78. The normalized spacial score (nSPS) is 15.2. The molecule has 0 atom stereocenters. The van der Waals surface area contributed by atoms with Crippen molar-refractivity contribution in [2.75, 3.05) is 26.7 Å². The highest BCUT2D eigenvalue weighted by Crippen LogP contribution is 2.14. The van der Waals surface area contributed by atoms with Gasteiger partial charge in [0.1, 0.15) is 0 Å². The van der Waals surface area contributed by atoms with Crippen LogP contribution in [0.1, 0.15) is 47.2 Å². The van der Waals surface area contributed by atoms with Crippen LogP contribution in [0.3, 0.4) is 0 Å². The van der Waals surface area contributed by atoms with E-state index in [1.807, 2.05) is 48.2 Å². The van der Waals surface area contributed by atoms with E-state index in [0.29, 0.717) is 0 Å². The van der Waals surface area contributed by atoms with E-state index < -0.39 is 0 Å². The lowest BCUT2D eigenvalue weighted by atomic mass is 10.1. The van der Waals surface area contributed by atoms with Gasteiger partial charge in [-0.3, -0.25) is 14.4 Å². The molecular formula is C21H30N4O. The molecule has 1 amide bonds. The van der Waals surface area contributed by atoms with Crippen molar-refractivity contribution >= 4 is 5.91 Å². The van der Waals surface area contributed by atoms with E-state index in [-0.39, 0.29) is 5.91 Å². The molecule has 0 bridgehead atoms. The molecule has 3 rings (SSSR count). The highest BCUT2D eigenvalue weighted by Gasteiger charge is 2.13. The number of nitrogens with zero attached hydrogens (tertiary/aromatic N) is 4. The Morgan fingerprint density at radius 1 is 1.12 bits per heavy atom. The number of hydrogen-bond acceptors (Lipinski definition) is 3. The molecule has 5 heteroatoms. The predicted octanol–water partition coefficient (Wildman–Crippen LogP) is 3.11. The van der Waals surface area contributed by atoms with Crippen LogP contribution in [0.5, 0.6) is 0 Å². The lowest BCUT2D eigenvalue weighted by molar-refractivity contribution is 0.0793. The van der Waals surface area contributed by atoms with Gasteiger partial charge in [-0.2, -0.15) is 5.10 Å². The van der Waals surface area contributed by atoms with Crippen LogP contribution in [-0.2, 0) is 20.0 Å². The second-order valence-corrected chi connectivity index (χ2v) is 7.39. The van der Waals surface area contributed by atoms with E-state index in [2.05, 4.69) is 22.1 Å². The van der Waals surface area contributed by atoms with Crippen molar-refractivity contribution in [3.63, 3.8) is 0 Å². The molecule has 0 saturated carbocycles. The molecule has 1 aliphatic rings. The largest absolute Gasteiger partial charge is 0.342 e. The number of rotatable bonds is 7. The van der Waals surface area contributed by atoms with Crippen molar-refractivity contribution in [1.29, 1.82) is 0 Å². The van der Waals surface area contributed by atoms with Crippen molar-refractivity contribution < 1.29 is 4.79 Å². The Balaban J connectivity index is 1.46. The Bertz CT molecular complexity index is 701. The SMILES string of the molecule is CN(CCCc1cnn(C)c1)C(=O)c1ccc(CN2CCCCC2)cc1. The van der Waals surface area contributed by atoms with E-state index in [9.17, 15) is 4.79 Å². The molecule has 0 N–H and O–H groups in total. The zero-order valence-electron chi connectivity index (χ0n) is 16.0. The summed E-state index contributed by atoms with van der Waals surface area (Å²) in [5.41, 5.74) is 3.29. The van der Waals surface area contributed by atoms with Crippen LogP contribution in [0.25, 0.3) is 0 Å². The van der Waals surface area contributed by atoms with Crippen LogP contribution in [0.2, 0.25) is 0 Å². The van der Waals surface area contributed by atoms with E-state index >= 15 is 0 Å². The van der Waals surface area contributed by atoms with Gasteiger partial charge in [-0.05, 0) is 62.0 Å². The number of aromatic nitrogens is 2. The van der Waals surface area contributed by atoms with Gasteiger partial charge in [0.05, 0.1) is 6.20 Å². The van der Waals surface area contributed by atoms with E-state index in [1.54, 1.807) is 0 Å². The third-order valence-electron chi connectivity index (χ3n) is 5.12. The molecule has 1 saturated heterocycles. The number of amides is 1. The van der Waals surface area contributed by atoms with E-state index in [1.165, 1.54) is 43.5 Å². The molecule has 1 aromatic heterocycles. The van der Waals surface area contributed by atoms with Crippen molar-refractivity contribution in [3.8, 4) is 0 Å². The van der Waals surface area contributed by atoms with E-state index in [4.69, 9.17) is 0 Å². The topological polar surface area (TPSA) is 41.4 Å². The number of piperidine rings is 1. The van der Waals surface area contributed by atoms with Gasteiger partial charge < -0.3 is 4.90 Å². The summed E-state index contributed by atoms with van der Waals surface area (Å²) in [5, 5.41) is 4.18. The third kappa shape index (κ3) is 5.18. The first-order valence-electron chi connectivity index (χ1n) is 9.66. The molecule has 1 aromatic carbocycles. The minimum atomic E-state index is 0.0979. The Kier molecular flexibility index (Phi) is 6.45. The summed E-state index contributed by atoms with van der Waals surface area (Å²) in [5.74, 6) is 0.0979. The molecule has 2 aromatic rings. The van der Waals surface area contributed by atoms with Gasteiger partial charge in [0, 0.05) is 38.9 Å². The number of benzene rings is 1. The summed E-state index contributed by atoms with van der Waals surface area (Å²) < 4.78 is 1.82. The van der Waals surface area contributed by atoms with Crippen LogP contribution in [0, 0.1) is 0 Å². The van der Waals surface area contributed by atoms with Gasteiger partial charge in [-0.1, -0.05) is 18.6 Å². The maximum Gasteiger partial charge on any atom is 0.253 e. The van der Waals surface area contributed by atoms with Gasteiger partial charge in [-0.25, -0.2) is 0 Å². The molecule has 2 heterocycles. The molecular weight excluding hydrogens is 324 g/mol. The van der Waals surface area contributed by atoms with Crippen molar-refractivity contribution in [1.82, 2.24) is 19.6 Å². The third-order valence-corrected chi connectivity index (χ3v) is 5.12. The van der Waals surface area contributed by atoms with Crippen LogP contribution in [0.4, 0.5) is 0 Å². The van der Waals surface area contributed by atoms with Crippen LogP contribution >= 0.6 is 0 Å². The Morgan fingerprint density at radius 3 is 2.50 bits per heavy atom. The quantitative estimate of drug-likeness (QED) is 0.767. The molecule has 0 radical (unpaired) electrons. The smallest absolute Gasteiger partial charge is 0.253 e. The molecule has 140 valence electrons. The summed E-state index contributed by atoms with van der Waals surface area (Å²) in [6.45, 7) is 4.14. The average Bonchev–Trinajstić information content (AvgIpc) is 3.08. The van der Waals surface area contributed by atoms with Crippen LogP contribution < -0.4 is 0 Å². The number of carbonyl (C=O) groups is 1. The number of aryl methyl sites for hydroxylation is 2. The first-order valence-corrected chi connectivity index (χ1v) is 9.66. The molecule has 0 spiro atoms. The summed E-state index contributed by atoms with van der Waals surface area (Å²) >= 11 is 0. The monoisotopic (exact) mass is 354 g/mol. The molecule has 5 nitrogen and oxygen atoms in total.